The summed E-state index contributed by atoms with van der Waals surface area (Å²) in [5.74, 6) is 1.12. The van der Waals surface area contributed by atoms with Crippen molar-refractivity contribution in [2.45, 2.75) is 38.7 Å². The summed E-state index contributed by atoms with van der Waals surface area (Å²) < 4.78 is 11.1. The lowest BCUT2D eigenvalue weighted by atomic mass is 9.77. The largest absolute Gasteiger partial charge is 0.490 e. The second-order valence-electron chi connectivity index (χ2n) is 6.39. The summed E-state index contributed by atoms with van der Waals surface area (Å²) in [6.45, 7) is 2.41. The molecule has 2 N–H and O–H groups in total. The van der Waals surface area contributed by atoms with Gasteiger partial charge in [-0.15, -0.1) is 0 Å². The molecule has 1 aromatic carbocycles. The van der Waals surface area contributed by atoms with Crippen LogP contribution in [0.2, 0.25) is 0 Å². The van der Waals surface area contributed by atoms with Crippen LogP contribution in [-0.4, -0.2) is 25.7 Å². The first-order valence-electron chi connectivity index (χ1n) is 7.63. The maximum Gasteiger partial charge on any atom is 0.313 e. The molecule has 1 fully saturated rings. The number of hydrogen-bond donors (Lipinski definition) is 1. The van der Waals surface area contributed by atoms with Gasteiger partial charge in [0.15, 0.2) is 0 Å². The summed E-state index contributed by atoms with van der Waals surface area (Å²) in [5, 5.41) is 0. The smallest absolute Gasteiger partial charge is 0.313 e. The fraction of sp³-hybridized carbons (Fsp3) is 0.588. The molecule has 1 heterocycles. The van der Waals surface area contributed by atoms with E-state index in [1.54, 1.807) is 0 Å². The van der Waals surface area contributed by atoms with Crippen molar-refractivity contribution < 1.29 is 14.3 Å². The fourth-order valence-electron chi connectivity index (χ4n) is 3.56. The Hall–Kier alpha value is -1.55. The standard InChI is InChI=1S/C17H23NO3/c1-11-3-6-15-12(7-11)8-14(21-15)9-17(10-18,13-4-5-13)16(19)20-2/h3,6-7,13-14H,4-5,8-10,18H2,1-2H3. The highest BCUT2D eigenvalue weighted by Gasteiger charge is 2.52. The number of hydrogen-bond acceptors (Lipinski definition) is 4. The Morgan fingerprint density at radius 3 is 2.86 bits per heavy atom. The number of rotatable bonds is 5. The molecule has 1 aliphatic heterocycles. The van der Waals surface area contributed by atoms with E-state index in [2.05, 4.69) is 19.1 Å². The average molecular weight is 289 g/mol. The van der Waals surface area contributed by atoms with Gasteiger partial charge in [-0.05, 0) is 37.3 Å². The molecular formula is C17H23NO3. The van der Waals surface area contributed by atoms with Gasteiger partial charge in [-0.1, -0.05) is 17.7 Å². The monoisotopic (exact) mass is 289 g/mol. The first kappa shape index (κ1) is 14.4. The quantitative estimate of drug-likeness (QED) is 0.844. The first-order valence-corrected chi connectivity index (χ1v) is 7.63. The number of benzene rings is 1. The molecule has 1 saturated carbocycles. The molecular weight excluding hydrogens is 266 g/mol. The zero-order valence-corrected chi connectivity index (χ0v) is 12.7. The molecule has 114 valence electrons. The van der Waals surface area contributed by atoms with Crippen LogP contribution in [0.1, 0.15) is 30.4 Å². The van der Waals surface area contributed by atoms with Crippen molar-refractivity contribution in [1.82, 2.24) is 0 Å². The van der Waals surface area contributed by atoms with Gasteiger partial charge in [-0.3, -0.25) is 4.79 Å². The Morgan fingerprint density at radius 2 is 2.24 bits per heavy atom. The number of carbonyl (C=O) groups is 1. The number of ether oxygens (including phenoxy) is 2. The number of fused-ring (bicyclic) bond motifs is 1. The highest BCUT2D eigenvalue weighted by molar-refractivity contribution is 5.78. The minimum Gasteiger partial charge on any atom is -0.490 e. The van der Waals surface area contributed by atoms with Crippen LogP contribution >= 0.6 is 0 Å². The van der Waals surface area contributed by atoms with Gasteiger partial charge in [0.25, 0.3) is 0 Å². The van der Waals surface area contributed by atoms with Crippen LogP contribution in [0.15, 0.2) is 18.2 Å². The van der Waals surface area contributed by atoms with E-state index in [-0.39, 0.29) is 12.1 Å². The van der Waals surface area contributed by atoms with Gasteiger partial charge in [0.05, 0.1) is 12.5 Å². The maximum absolute atomic E-state index is 12.3. The lowest BCUT2D eigenvalue weighted by molar-refractivity contribution is -0.155. The van der Waals surface area contributed by atoms with Crippen molar-refractivity contribution in [3.63, 3.8) is 0 Å². The molecule has 4 heteroatoms. The van der Waals surface area contributed by atoms with Crippen molar-refractivity contribution in [2.75, 3.05) is 13.7 Å². The molecule has 1 aromatic rings. The first-order chi connectivity index (χ1) is 10.1. The summed E-state index contributed by atoms with van der Waals surface area (Å²) >= 11 is 0. The molecule has 1 aliphatic carbocycles. The summed E-state index contributed by atoms with van der Waals surface area (Å²) in [7, 11) is 1.45. The van der Waals surface area contributed by atoms with Crippen LogP contribution in [-0.2, 0) is 16.0 Å². The van der Waals surface area contributed by atoms with E-state index in [0.29, 0.717) is 18.9 Å². The molecule has 2 aliphatic rings. The number of methoxy groups -OCH3 is 1. The lowest BCUT2D eigenvalue weighted by Crippen LogP contribution is -2.45. The van der Waals surface area contributed by atoms with E-state index in [0.717, 1.165) is 25.0 Å². The minimum absolute atomic E-state index is 0.0186. The summed E-state index contributed by atoms with van der Waals surface area (Å²) in [4.78, 5) is 12.3. The second kappa shape index (κ2) is 5.34. The van der Waals surface area contributed by atoms with E-state index in [1.165, 1.54) is 18.2 Å². The number of carbonyl (C=O) groups excluding carboxylic acids is 1. The van der Waals surface area contributed by atoms with Crippen molar-refractivity contribution in [1.29, 1.82) is 0 Å². The summed E-state index contributed by atoms with van der Waals surface area (Å²) in [6.07, 6.45) is 3.64. The van der Waals surface area contributed by atoms with Gasteiger partial charge < -0.3 is 15.2 Å². The Balaban J connectivity index is 1.78. The van der Waals surface area contributed by atoms with E-state index < -0.39 is 5.41 Å². The molecule has 0 saturated heterocycles. The second-order valence-corrected chi connectivity index (χ2v) is 6.39. The molecule has 3 rings (SSSR count). The molecule has 0 bridgehead atoms. The zero-order chi connectivity index (χ0) is 15.0. The lowest BCUT2D eigenvalue weighted by Gasteiger charge is -2.31. The number of aryl methyl sites for hydroxylation is 1. The molecule has 21 heavy (non-hydrogen) atoms. The highest BCUT2D eigenvalue weighted by Crippen LogP contribution is 2.50. The Bertz CT molecular complexity index is 553. The van der Waals surface area contributed by atoms with Crippen LogP contribution < -0.4 is 10.5 Å². The molecule has 0 spiro atoms. The summed E-state index contributed by atoms with van der Waals surface area (Å²) in [6, 6.07) is 6.23. The van der Waals surface area contributed by atoms with Gasteiger partial charge in [0.1, 0.15) is 11.9 Å². The van der Waals surface area contributed by atoms with Gasteiger partial charge in [-0.25, -0.2) is 0 Å². The van der Waals surface area contributed by atoms with Crippen LogP contribution in [0.3, 0.4) is 0 Å². The van der Waals surface area contributed by atoms with Gasteiger partial charge in [0, 0.05) is 19.4 Å². The molecule has 0 aromatic heterocycles. The Kier molecular flexibility index (Phi) is 3.66. The summed E-state index contributed by atoms with van der Waals surface area (Å²) in [5.41, 5.74) is 7.87. The third-order valence-electron chi connectivity index (χ3n) is 4.86. The Labute approximate surface area is 125 Å². The van der Waals surface area contributed by atoms with Crippen molar-refractivity contribution in [3.05, 3.63) is 29.3 Å². The average Bonchev–Trinajstić information content (AvgIpc) is 3.25. The predicted molar refractivity (Wildman–Crippen MR) is 80.1 cm³/mol. The zero-order valence-electron chi connectivity index (χ0n) is 12.7. The SMILES string of the molecule is COC(=O)C(CN)(CC1Cc2cc(C)ccc2O1)C1CC1. The molecule has 0 amide bonds. The molecule has 0 radical (unpaired) electrons. The Morgan fingerprint density at radius 1 is 1.48 bits per heavy atom. The van der Waals surface area contributed by atoms with Crippen molar-refractivity contribution >= 4 is 5.97 Å². The van der Waals surface area contributed by atoms with E-state index >= 15 is 0 Å². The van der Waals surface area contributed by atoms with Crippen LogP contribution in [0, 0.1) is 18.3 Å². The van der Waals surface area contributed by atoms with Crippen LogP contribution in [0.5, 0.6) is 5.75 Å². The fourth-order valence-corrected chi connectivity index (χ4v) is 3.56. The van der Waals surface area contributed by atoms with Crippen LogP contribution in [0.25, 0.3) is 0 Å². The van der Waals surface area contributed by atoms with Crippen molar-refractivity contribution in [3.8, 4) is 5.75 Å². The normalized spacial score (nSPS) is 23.1. The highest BCUT2D eigenvalue weighted by atomic mass is 16.5. The third-order valence-corrected chi connectivity index (χ3v) is 4.86. The van der Waals surface area contributed by atoms with E-state index in [9.17, 15) is 4.79 Å². The molecule has 2 atom stereocenters. The van der Waals surface area contributed by atoms with Crippen LogP contribution in [0.4, 0.5) is 0 Å². The predicted octanol–water partition coefficient (Wildman–Crippen LogP) is 2.22. The third kappa shape index (κ3) is 2.53. The van der Waals surface area contributed by atoms with Gasteiger partial charge in [0.2, 0.25) is 0 Å². The van der Waals surface area contributed by atoms with Gasteiger partial charge >= 0.3 is 5.97 Å². The number of nitrogens with two attached hydrogens (primary N) is 1. The number of esters is 1. The van der Waals surface area contributed by atoms with E-state index in [4.69, 9.17) is 15.2 Å². The van der Waals surface area contributed by atoms with Gasteiger partial charge in [-0.2, -0.15) is 0 Å². The molecule has 4 nitrogen and oxygen atoms in total. The van der Waals surface area contributed by atoms with Crippen molar-refractivity contribution in [2.24, 2.45) is 17.1 Å². The van der Waals surface area contributed by atoms with E-state index in [1.807, 2.05) is 6.07 Å². The minimum atomic E-state index is -0.573. The molecule has 2 unspecified atom stereocenters. The maximum atomic E-state index is 12.3. The topological polar surface area (TPSA) is 61.5 Å².